The average Bonchev–Trinajstić information content (AvgIpc) is 2.89. The van der Waals surface area contributed by atoms with Crippen molar-refractivity contribution in [3.8, 4) is 28.6 Å². The summed E-state index contributed by atoms with van der Waals surface area (Å²) in [6.45, 7) is 0. The molecule has 182 valence electrons. The molecule has 0 spiro atoms. The molecular formula is C24H16N2O10. The number of carbonyl (C=O) groups is 1. The maximum atomic E-state index is 13.3. The van der Waals surface area contributed by atoms with Crippen molar-refractivity contribution in [1.29, 1.82) is 0 Å². The van der Waals surface area contributed by atoms with Gasteiger partial charge in [0.05, 0.1) is 41.1 Å². The summed E-state index contributed by atoms with van der Waals surface area (Å²) in [6.07, 6.45) is 0. The van der Waals surface area contributed by atoms with Crippen LogP contribution in [0.2, 0.25) is 0 Å². The van der Waals surface area contributed by atoms with Gasteiger partial charge in [-0.15, -0.1) is 0 Å². The van der Waals surface area contributed by atoms with Gasteiger partial charge in [0.15, 0.2) is 17.3 Å². The van der Waals surface area contributed by atoms with Gasteiger partial charge in [-0.05, 0) is 30.3 Å². The summed E-state index contributed by atoms with van der Waals surface area (Å²) in [7, 11) is 2.85. The predicted molar refractivity (Wildman–Crippen MR) is 126 cm³/mol. The lowest BCUT2D eigenvalue weighted by Crippen LogP contribution is -2.16. The van der Waals surface area contributed by atoms with Crippen LogP contribution in [0.25, 0.3) is 22.3 Å². The zero-order valence-electron chi connectivity index (χ0n) is 18.8. The third-order valence-corrected chi connectivity index (χ3v) is 5.16. The molecule has 0 aliphatic carbocycles. The van der Waals surface area contributed by atoms with Crippen LogP contribution in [-0.4, -0.2) is 30.0 Å². The average molecular weight is 492 g/mol. The van der Waals surface area contributed by atoms with E-state index in [1.807, 2.05) is 0 Å². The number of benzene rings is 3. The van der Waals surface area contributed by atoms with Crippen molar-refractivity contribution in [3.05, 3.63) is 96.7 Å². The molecule has 0 radical (unpaired) electrons. The normalized spacial score (nSPS) is 10.6. The van der Waals surface area contributed by atoms with Crippen molar-refractivity contribution in [2.75, 3.05) is 14.2 Å². The second-order valence-electron chi connectivity index (χ2n) is 7.30. The summed E-state index contributed by atoms with van der Waals surface area (Å²) in [6, 6.07) is 13.2. The second-order valence-corrected chi connectivity index (χ2v) is 7.30. The fraction of sp³-hybridized carbons (Fsp3) is 0.0833. The van der Waals surface area contributed by atoms with Crippen LogP contribution in [0, 0.1) is 20.2 Å². The fourth-order valence-corrected chi connectivity index (χ4v) is 3.46. The van der Waals surface area contributed by atoms with E-state index in [2.05, 4.69) is 0 Å². The largest absolute Gasteiger partial charge is 0.493 e. The molecule has 36 heavy (non-hydrogen) atoms. The molecule has 0 unspecified atom stereocenters. The Morgan fingerprint density at radius 2 is 1.50 bits per heavy atom. The minimum atomic E-state index is -1.23. The summed E-state index contributed by atoms with van der Waals surface area (Å²) in [4.78, 5) is 46.9. The monoisotopic (exact) mass is 492 g/mol. The molecule has 12 nitrogen and oxygen atoms in total. The first-order valence-corrected chi connectivity index (χ1v) is 10.2. The van der Waals surface area contributed by atoms with Gasteiger partial charge in [0, 0.05) is 17.7 Å². The van der Waals surface area contributed by atoms with Crippen molar-refractivity contribution in [2.45, 2.75) is 0 Å². The molecular weight excluding hydrogens is 476 g/mol. The highest BCUT2D eigenvalue weighted by atomic mass is 16.6. The number of esters is 1. The highest BCUT2D eigenvalue weighted by molar-refractivity contribution is 5.94. The molecule has 0 bridgehead atoms. The van der Waals surface area contributed by atoms with Gasteiger partial charge in [-0.1, -0.05) is 12.1 Å². The van der Waals surface area contributed by atoms with Crippen LogP contribution < -0.4 is 19.6 Å². The van der Waals surface area contributed by atoms with Crippen molar-refractivity contribution in [3.63, 3.8) is 0 Å². The molecule has 0 fully saturated rings. The third-order valence-electron chi connectivity index (χ3n) is 5.16. The lowest BCUT2D eigenvalue weighted by molar-refractivity contribution is -0.394. The summed E-state index contributed by atoms with van der Waals surface area (Å²) in [5.41, 5.74) is -2.08. The molecule has 0 N–H and O–H groups in total. The van der Waals surface area contributed by atoms with E-state index in [1.54, 1.807) is 30.3 Å². The Morgan fingerprint density at radius 3 is 2.11 bits per heavy atom. The Bertz CT molecular complexity index is 1560. The first kappa shape index (κ1) is 23.9. The van der Waals surface area contributed by atoms with Gasteiger partial charge in [0.2, 0.25) is 11.2 Å². The SMILES string of the molecule is COc1ccc(-c2oc3ccccc3c(=O)c2OC(=O)c2cc([N+](=O)[O-])cc([N+](=O)[O-])c2)cc1OC. The van der Waals surface area contributed by atoms with Crippen molar-refractivity contribution in [2.24, 2.45) is 0 Å². The third kappa shape index (κ3) is 4.42. The number of non-ortho nitro benzene ring substituents is 2. The predicted octanol–water partition coefficient (Wildman–Crippen LogP) is 4.51. The van der Waals surface area contributed by atoms with Gasteiger partial charge in [0.25, 0.3) is 11.4 Å². The number of nitrogens with zero attached hydrogens (tertiary/aromatic N) is 2. The van der Waals surface area contributed by atoms with Crippen LogP contribution in [0.1, 0.15) is 10.4 Å². The van der Waals surface area contributed by atoms with E-state index in [-0.39, 0.29) is 16.7 Å². The van der Waals surface area contributed by atoms with Gasteiger partial charge in [0.1, 0.15) is 5.58 Å². The summed E-state index contributed by atoms with van der Waals surface area (Å²) in [5.74, 6) is -1.18. The van der Waals surface area contributed by atoms with E-state index in [9.17, 15) is 29.8 Å². The highest BCUT2D eigenvalue weighted by Crippen LogP contribution is 2.37. The minimum Gasteiger partial charge on any atom is -0.493 e. The van der Waals surface area contributed by atoms with Crippen LogP contribution in [0.4, 0.5) is 11.4 Å². The number of nitro groups is 2. The zero-order valence-corrected chi connectivity index (χ0v) is 18.8. The van der Waals surface area contributed by atoms with Gasteiger partial charge in [-0.2, -0.15) is 0 Å². The molecule has 4 rings (SSSR count). The van der Waals surface area contributed by atoms with Crippen LogP contribution in [0.15, 0.2) is 69.9 Å². The molecule has 1 aromatic heterocycles. The molecule has 3 aromatic carbocycles. The van der Waals surface area contributed by atoms with Crippen LogP contribution >= 0.6 is 0 Å². The lowest BCUT2D eigenvalue weighted by atomic mass is 10.1. The van der Waals surface area contributed by atoms with Crippen LogP contribution in [-0.2, 0) is 0 Å². The first-order valence-electron chi connectivity index (χ1n) is 10.2. The summed E-state index contributed by atoms with van der Waals surface area (Å²) >= 11 is 0. The number of ether oxygens (including phenoxy) is 3. The standard InChI is InChI=1S/C24H16N2O10/c1-33-19-8-7-13(11-20(19)34-2)22-23(21(27)17-5-3-4-6-18(17)35-22)36-24(28)14-9-15(25(29)30)12-16(10-14)26(31)32/h3-12H,1-2H3. The molecule has 0 atom stereocenters. The number of nitro benzene ring substituents is 2. The number of methoxy groups -OCH3 is 2. The van der Waals surface area contributed by atoms with E-state index in [0.29, 0.717) is 23.1 Å². The first-order chi connectivity index (χ1) is 17.2. The molecule has 4 aromatic rings. The summed E-state index contributed by atoms with van der Waals surface area (Å²) in [5, 5.41) is 22.5. The number of rotatable bonds is 7. The summed E-state index contributed by atoms with van der Waals surface area (Å²) < 4.78 is 21.8. The molecule has 0 aliphatic rings. The number of fused-ring (bicyclic) bond motifs is 1. The number of carbonyl (C=O) groups excluding carboxylic acids is 1. The Morgan fingerprint density at radius 1 is 0.861 bits per heavy atom. The van der Waals surface area contributed by atoms with Gasteiger partial charge in [-0.3, -0.25) is 25.0 Å². The van der Waals surface area contributed by atoms with E-state index < -0.39 is 43.9 Å². The number of hydrogen-bond acceptors (Lipinski definition) is 10. The molecule has 12 heteroatoms. The lowest BCUT2D eigenvalue weighted by Gasteiger charge is -2.13. The van der Waals surface area contributed by atoms with Crippen molar-refractivity contribution in [1.82, 2.24) is 0 Å². The van der Waals surface area contributed by atoms with Gasteiger partial charge in [-0.25, -0.2) is 4.79 Å². The number of para-hydroxylation sites is 1. The molecule has 0 aliphatic heterocycles. The number of hydrogen-bond donors (Lipinski definition) is 0. The van der Waals surface area contributed by atoms with E-state index in [1.165, 1.54) is 26.4 Å². The molecule has 0 saturated carbocycles. The fourth-order valence-electron chi connectivity index (χ4n) is 3.46. The maximum absolute atomic E-state index is 13.3. The van der Waals surface area contributed by atoms with Crippen molar-refractivity contribution >= 4 is 28.3 Å². The van der Waals surface area contributed by atoms with Crippen LogP contribution in [0.5, 0.6) is 17.2 Å². The second kappa shape index (κ2) is 9.54. The Labute approximate surface area is 201 Å². The smallest absolute Gasteiger partial charge is 0.344 e. The van der Waals surface area contributed by atoms with Gasteiger partial charge >= 0.3 is 5.97 Å². The topological polar surface area (TPSA) is 161 Å². The van der Waals surface area contributed by atoms with E-state index in [0.717, 1.165) is 12.1 Å². The molecule has 1 heterocycles. The Hall–Kier alpha value is -5.26. The van der Waals surface area contributed by atoms with Gasteiger partial charge < -0.3 is 18.6 Å². The van der Waals surface area contributed by atoms with E-state index in [4.69, 9.17) is 18.6 Å². The highest BCUT2D eigenvalue weighted by Gasteiger charge is 2.25. The van der Waals surface area contributed by atoms with Crippen molar-refractivity contribution < 1.29 is 33.3 Å². The zero-order chi connectivity index (χ0) is 26.0. The Balaban J connectivity index is 1.89. The van der Waals surface area contributed by atoms with Crippen LogP contribution in [0.3, 0.4) is 0 Å². The molecule has 0 saturated heterocycles. The maximum Gasteiger partial charge on any atom is 0.344 e. The quantitative estimate of drug-likeness (QED) is 0.204. The Kier molecular flexibility index (Phi) is 6.33. The van der Waals surface area contributed by atoms with E-state index >= 15 is 0 Å². The minimum absolute atomic E-state index is 0.106. The molecule has 0 amide bonds.